The van der Waals surface area contributed by atoms with E-state index in [2.05, 4.69) is 4.72 Å². The number of halogens is 1. The zero-order valence-electron chi connectivity index (χ0n) is 18.0. The summed E-state index contributed by atoms with van der Waals surface area (Å²) < 4.78 is 33.8. The third-order valence-corrected chi connectivity index (χ3v) is 8.47. The molecule has 3 heterocycles. The molecule has 0 aliphatic carbocycles. The van der Waals surface area contributed by atoms with Crippen LogP contribution in [-0.4, -0.2) is 74.7 Å². The van der Waals surface area contributed by atoms with Gasteiger partial charge in [0, 0.05) is 24.5 Å². The number of sulfonamides is 1. The summed E-state index contributed by atoms with van der Waals surface area (Å²) in [6, 6.07) is 11.0. The third kappa shape index (κ3) is 5.93. The molecule has 0 bridgehead atoms. The minimum Gasteiger partial charge on any atom is -0.378 e. The number of rotatable bonds is 8. The molecule has 1 N–H and O–H groups in total. The van der Waals surface area contributed by atoms with Gasteiger partial charge in [-0.25, -0.2) is 13.1 Å². The Labute approximate surface area is 202 Å². The maximum absolute atomic E-state index is 13.4. The molecule has 11 heteroatoms. The van der Waals surface area contributed by atoms with Gasteiger partial charge >= 0.3 is 0 Å². The van der Waals surface area contributed by atoms with E-state index in [0.29, 0.717) is 55.6 Å². The quantitative estimate of drug-likeness (QED) is 0.585. The Morgan fingerprint density at radius 2 is 1.88 bits per heavy atom. The van der Waals surface area contributed by atoms with E-state index in [1.54, 1.807) is 17.0 Å². The van der Waals surface area contributed by atoms with Gasteiger partial charge in [-0.15, -0.1) is 11.3 Å². The van der Waals surface area contributed by atoms with Crippen molar-refractivity contribution in [2.75, 3.05) is 38.6 Å². The second kappa shape index (κ2) is 10.5. The van der Waals surface area contributed by atoms with Crippen LogP contribution in [0.2, 0.25) is 4.34 Å². The molecule has 1 aromatic carbocycles. The number of aryl methyl sites for hydroxylation is 1. The van der Waals surface area contributed by atoms with Crippen molar-refractivity contribution in [2.24, 2.45) is 0 Å². The Morgan fingerprint density at radius 3 is 2.55 bits per heavy atom. The molecule has 8 nitrogen and oxygen atoms in total. The van der Waals surface area contributed by atoms with Crippen molar-refractivity contribution >= 4 is 44.8 Å². The number of nitrogens with zero attached hydrogens (tertiary/aromatic N) is 2. The van der Waals surface area contributed by atoms with Gasteiger partial charge in [-0.05, 0) is 30.5 Å². The first-order valence-electron chi connectivity index (χ1n) is 10.8. The van der Waals surface area contributed by atoms with E-state index in [0.717, 1.165) is 4.88 Å². The Balaban J connectivity index is 1.46. The van der Waals surface area contributed by atoms with Crippen LogP contribution in [0.1, 0.15) is 22.9 Å². The number of nitrogens with one attached hydrogen (secondary N) is 1. The topological polar surface area (TPSA) is 96.0 Å². The maximum atomic E-state index is 13.4. The van der Waals surface area contributed by atoms with Crippen molar-refractivity contribution in [3.05, 3.63) is 57.2 Å². The van der Waals surface area contributed by atoms with E-state index < -0.39 is 22.1 Å². The van der Waals surface area contributed by atoms with E-state index in [4.69, 9.17) is 16.3 Å². The van der Waals surface area contributed by atoms with E-state index >= 15 is 0 Å². The molecule has 0 saturated carbocycles. The first-order chi connectivity index (χ1) is 15.8. The Kier molecular flexibility index (Phi) is 7.70. The fourth-order valence-electron chi connectivity index (χ4n) is 4.11. The molecule has 33 heavy (non-hydrogen) atoms. The number of benzene rings is 1. The summed E-state index contributed by atoms with van der Waals surface area (Å²) in [5.74, 6) is -0.688. The van der Waals surface area contributed by atoms with Gasteiger partial charge in [-0.1, -0.05) is 41.9 Å². The lowest BCUT2D eigenvalue weighted by Crippen LogP contribution is -2.49. The molecule has 2 fully saturated rings. The van der Waals surface area contributed by atoms with Crippen molar-refractivity contribution < 1.29 is 22.7 Å². The summed E-state index contributed by atoms with van der Waals surface area (Å²) in [5, 5.41) is 0. The third-order valence-electron chi connectivity index (χ3n) is 5.79. The molecule has 2 amide bonds. The van der Waals surface area contributed by atoms with Gasteiger partial charge in [-0.2, -0.15) is 0 Å². The largest absolute Gasteiger partial charge is 0.378 e. The monoisotopic (exact) mass is 511 g/mol. The Morgan fingerprint density at radius 1 is 1.15 bits per heavy atom. The van der Waals surface area contributed by atoms with Crippen LogP contribution in [-0.2, 0) is 30.8 Å². The number of carbonyl (C=O) groups excluding carboxylic acids is 2. The van der Waals surface area contributed by atoms with Gasteiger partial charge in [0.1, 0.15) is 12.1 Å². The van der Waals surface area contributed by atoms with Gasteiger partial charge in [0.15, 0.2) is 0 Å². The molecule has 178 valence electrons. The molecule has 4 rings (SSSR count). The molecule has 2 aliphatic heterocycles. The average molecular weight is 512 g/mol. The standard InChI is InChI=1S/C22H26ClN3O5S2/c23-19-7-6-17(32-19)9-15-33(29,30)24-18-8-10-26(21(18)27)20(16-4-2-1-3-5-16)22(28)25-11-13-31-14-12-25/h1-7,18,20,24H,8-15H2/t18-,20-/m0/s1. The molecular formula is C22H26ClN3O5S2. The summed E-state index contributed by atoms with van der Waals surface area (Å²) in [6.07, 6.45) is 0.627. The summed E-state index contributed by atoms with van der Waals surface area (Å²) in [4.78, 5) is 30.7. The summed E-state index contributed by atoms with van der Waals surface area (Å²) in [5.41, 5.74) is 0.709. The number of thiophene rings is 1. The fraction of sp³-hybridized carbons (Fsp3) is 0.455. The van der Waals surface area contributed by atoms with Gasteiger partial charge in [0.2, 0.25) is 21.8 Å². The van der Waals surface area contributed by atoms with Crippen LogP contribution in [0.3, 0.4) is 0 Å². The number of ether oxygens (including phenoxy) is 1. The van der Waals surface area contributed by atoms with Crippen LogP contribution < -0.4 is 4.72 Å². The number of hydrogen-bond acceptors (Lipinski definition) is 6. The Bertz CT molecular complexity index is 1090. The van der Waals surface area contributed by atoms with Gasteiger partial charge in [0.25, 0.3) is 0 Å². The van der Waals surface area contributed by atoms with Crippen molar-refractivity contribution in [1.29, 1.82) is 0 Å². The predicted molar refractivity (Wildman–Crippen MR) is 127 cm³/mol. The van der Waals surface area contributed by atoms with Crippen molar-refractivity contribution in [3.63, 3.8) is 0 Å². The summed E-state index contributed by atoms with van der Waals surface area (Å²) in [6.45, 7) is 2.14. The van der Waals surface area contributed by atoms with E-state index in [1.165, 1.54) is 16.2 Å². The first kappa shape index (κ1) is 24.2. The van der Waals surface area contributed by atoms with Crippen LogP contribution >= 0.6 is 22.9 Å². The van der Waals surface area contributed by atoms with Crippen molar-refractivity contribution in [1.82, 2.24) is 14.5 Å². The highest BCUT2D eigenvalue weighted by atomic mass is 35.5. The molecule has 0 radical (unpaired) electrons. The molecule has 2 saturated heterocycles. The lowest BCUT2D eigenvalue weighted by Gasteiger charge is -2.34. The summed E-state index contributed by atoms with van der Waals surface area (Å²) >= 11 is 7.25. The van der Waals surface area contributed by atoms with Gasteiger partial charge < -0.3 is 14.5 Å². The van der Waals surface area contributed by atoms with Crippen LogP contribution in [0.5, 0.6) is 0 Å². The van der Waals surface area contributed by atoms with Gasteiger partial charge in [0.05, 0.1) is 23.3 Å². The van der Waals surface area contributed by atoms with Crippen molar-refractivity contribution in [2.45, 2.75) is 24.9 Å². The molecule has 2 aliphatic rings. The number of likely N-dealkylation sites (tertiary alicyclic amines) is 1. The molecular weight excluding hydrogens is 486 g/mol. The van der Waals surface area contributed by atoms with Crippen LogP contribution in [0.4, 0.5) is 0 Å². The zero-order valence-corrected chi connectivity index (χ0v) is 20.4. The molecule has 1 aromatic heterocycles. The number of morpholine rings is 1. The highest BCUT2D eigenvalue weighted by Crippen LogP contribution is 2.29. The number of amides is 2. The fourth-order valence-corrected chi connectivity index (χ4v) is 6.59. The number of carbonyl (C=O) groups is 2. The lowest BCUT2D eigenvalue weighted by molar-refractivity contribution is -0.147. The SMILES string of the molecule is O=C([C@H](c1ccccc1)N1CC[C@H](NS(=O)(=O)CCc2ccc(Cl)s2)C1=O)N1CCOCC1. The minimum atomic E-state index is -3.69. The van der Waals surface area contributed by atoms with E-state index in [1.807, 2.05) is 30.3 Å². The van der Waals surface area contributed by atoms with Gasteiger partial charge in [-0.3, -0.25) is 9.59 Å². The highest BCUT2D eigenvalue weighted by molar-refractivity contribution is 7.89. The normalized spacial score (nSPS) is 20.3. The molecule has 2 aromatic rings. The number of hydrogen-bond donors (Lipinski definition) is 1. The second-order valence-electron chi connectivity index (χ2n) is 8.02. The predicted octanol–water partition coefficient (Wildman–Crippen LogP) is 2.06. The Hall–Kier alpha value is -1.98. The van der Waals surface area contributed by atoms with Crippen LogP contribution in [0.15, 0.2) is 42.5 Å². The second-order valence-corrected chi connectivity index (χ2v) is 11.7. The lowest BCUT2D eigenvalue weighted by atomic mass is 10.0. The highest BCUT2D eigenvalue weighted by Gasteiger charge is 2.42. The first-order valence-corrected chi connectivity index (χ1v) is 13.6. The molecule has 0 unspecified atom stereocenters. The maximum Gasteiger partial charge on any atom is 0.250 e. The van der Waals surface area contributed by atoms with Crippen molar-refractivity contribution in [3.8, 4) is 0 Å². The van der Waals surface area contributed by atoms with Crippen LogP contribution in [0.25, 0.3) is 0 Å². The molecule has 0 spiro atoms. The average Bonchev–Trinajstić information content (AvgIpc) is 3.39. The summed E-state index contributed by atoms with van der Waals surface area (Å²) in [7, 11) is -3.69. The van der Waals surface area contributed by atoms with E-state index in [9.17, 15) is 18.0 Å². The molecule has 2 atom stereocenters. The minimum absolute atomic E-state index is 0.136. The smallest absolute Gasteiger partial charge is 0.250 e. The van der Waals surface area contributed by atoms with E-state index in [-0.39, 0.29) is 17.6 Å². The zero-order chi connectivity index (χ0) is 23.4. The van der Waals surface area contributed by atoms with Crippen LogP contribution in [0, 0.1) is 0 Å².